The number of nitrogens with two attached hydrogens (primary N) is 1. The summed E-state index contributed by atoms with van der Waals surface area (Å²) in [6.45, 7) is 0.427. The van der Waals surface area contributed by atoms with E-state index in [1.165, 1.54) is 29.8 Å². The third-order valence-electron chi connectivity index (χ3n) is 5.72. The zero-order valence-electron chi connectivity index (χ0n) is 19.4. The smallest absolute Gasteiger partial charge is 0.305 e. The van der Waals surface area contributed by atoms with E-state index in [2.05, 4.69) is 0 Å². The maximum Gasteiger partial charge on any atom is 0.305 e. The Morgan fingerprint density at radius 2 is 1.68 bits per heavy atom. The zero-order valence-corrected chi connectivity index (χ0v) is 21.1. The van der Waals surface area contributed by atoms with E-state index >= 15 is 0 Å². The summed E-state index contributed by atoms with van der Waals surface area (Å²) in [5.74, 6) is 0.172. The number of hydrogen-bond donors (Lipinski definition) is 2. The van der Waals surface area contributed by atoms with Crippen LogP contribution in [-0.2, 0) is 19.7 Å². The van der Waals surface area contributed by atoms with E-state index in [1.54, 1.807) is 12.1 Å². The van der Waals surface area contributed by atoms with Crippen molar-refractivity contribution in [2.45, 2.75) is 18.9 Å². The van der Waals surface area contributed by atoms with Gasteiger partial charge in [-0.3, -0.25) is 10.2 Å². The van der Waals surface area contributed by atoms with Crippen LogP contribution in [0.25, 0.3) is 11.1 Å². The highest BCUT2D eigenvalue weighted by Crippen LogP contribution is 2.30. The number of amidine groups is 1. The third-order valence-corrected chi connectivity index (χ3v) is 7.68. The monoisotopic (exact) mass is 510 g/mol. The largest absolute Gasteiger partial charge is 0.492 e. The van der Waals surface area contributed by atoms with Crippen molar-refractivity contribution in [1.82, 2.24) is 8.61 Å². The van der Waals surface area contributed by atoms with Gasteiger partial charge in [-0.1, -0.05) is 36.4 Å². The summed E-state index contributed by atoms with van der Waals surface area (Å²) < 4.78 is 38.8. The molecule has 1 saturated heterocycles. The van der Waals surface area contributed by atoms with Crippen LogP contribution in [0, 0.1) is 11.3 Å². The van der Waals surface area contributed by atoms with E-state index in [0.717, 1.165) is 11.1 Å². The van der Waals surface area contributed by atoms with Crippen molar-refractivity contribution in [2.75, 3.05) is 34.4 Å². The predicted molar refractivity (Wildman–Crippen MR) is 133 cm³/mol. The molecule has 3 rings (SSSR count). The second-order valence-electron chi connectivity index (χ2n) is 8.22. The van der Waals surface area contributed by atoms with Gasteiger partial charge in [-0.05, 0) is 35.6 Å². The molecule has 0 saturated carbocycles. The lowest BCUT2D eigenvalue weighted by molar-refractivity contribution is -0.141. The molecule has 0 amide bonds. The first-order valence-corrected chi connectivity index (χ1v) is 11.9. The molecule has 2 atom stereocenters. The average Bonchev–Trinajstić information content (AvgIpc) is 3.21. The Kier molecular flexibility index (Phi) is 9.45. The van der Waals surface area contributed by atoms with Crippen LogP contribution in [-0.4, -0.2) is 69.2 Å². The molecule has 9 nitrogen and oxygen atoms in total. The molecular weight excluding hydrogens is 480 g/mol. The van der Waals surface area contributed by atoms with E-state index in [4.69, 9.17) is 20.6 Å². The fourth-order valence-electron chi connectivity index (χ4n) is 3.87. The molecule has 0 unspecified atom stereocenters. The van der Waals surface area contributed by atoms with Crippen LogP contribution in [0.2, 0.25) is 0 Å². The van der Waals surface area contributed by atoms with Gasteiger partial charge in [0.1, 0.15) is 18.2 Å². The first-order valence-electron chi connectivity index (χ1n) is 10.6. The van der Waals surface area contributed by atoms with Crippen LogP contribution >= 0.6 is 12.4 Å². The summed E-state index contributed by atoms with van der Waals surface area (Å²) in [6.07, 6.45) is 0.687. The summed E-state index contributed by atoms with van der Waals surface area (Å²) in [4.78, 5) is 11.7. The number of nitrogens with zero attached hydrogens (tertiary/aromatic N) is 2. The zero-order chi connectivity index (χ0) is 24.2. The van der Waals surface area contributed by atoms with Crippen LogP contribution in [0.15, 0.2) is 48.5 Å². The van der Waals surface area contributed by atoms with Crippen LogP contribution in [0.1, 0.15) is 18.4 Å². The molecule has 186 valence electrons. The molecule has 0 bridgehead atoms. The van der Waals surface area contributed by atoms with Crippen LogP contribution in [0.5, 0.6) is 5.75 Å². The lowest BCUT2D eigenvalue weighted by atomic mass is 10.0. The van der Waals surface area contributed by atoms with Gasteiger partial charge in [0.15, 0.2) is 0 Å². The van der Waals surface area contributed by atoms with Gasteiger partial charge in [-0.25, -0.2) is 0 Å². The second-order valence-corrected chi connectivity index (χ2v) is 10.3. The third kappa shape index (κ3) is 6.47. The fraction of sp³-hybridized carbons (Fsp3) is 0.391. The number of methoxy groups -OCH3 is 1. The first kappa shape index (κ1) is 27.6. The second kappa shape index (κ2) is 11.7. The summed E-state index contributed by atoms with van der Waals surface area (Å²) in [7, 11) is 0.657. The van der Waals surface area contributed by atoms with E-state index < -0.39 is 10.2 Å². The molecule has 1 aliphatic rings. The van der Waals surface area contributed by atoms with Crippen LogP contribution in [0.4, 0.5) is 0 Å². The quantitative estimate of drug-likeness (QED) is 0.303. The van der Waals surface area contributed by atoms with Gasteiger partial charge < -0.3 is 15.2 Å². The molecule has 11 heteroatoms. The molecule has 1 aliphatic heterocycles. The Morgan fingerprint density at radius 3 is 2.18 bits per heavy atom. The highest BCUT2D eigenvalue weighted by Gasteiger charge is 2.41. The topological polar surface area (TPSA) is 126 Å². The van der Waals surface area contributed by atoms with E-state index in [0.29, 0.717) is 17.7 Å². The molecule has 0 aromatic heterocycles. The number of rotatable bonds is 9. The van der Waals surface area contributed by atoms with Crippen molar-refractivity contribution in [3.63, 3.8) is 0 Å². The summed E-state index contributed by atoms with van der Waals surface area (Å²) in [6, 6.07) is 14.5. The van der Waals surface area contributed by atoms with Gasteiger partial charge in [-0.15, -0.1) is 12.4 Å². The lowest BCUT2D eigenvalue weighted by Crippen LogP contribution is -2.45. The number of hydrogen-bond acceptors (Lipinski definition) is 6. The number of ether oxygens (including phenoxy) is 2. The summed E-state index contributed by atoms with van der Waals surface area (Å²) >= 11 is 0. The van der Waals surface area contributed by atoms with Crippen molar-refractivity contribution in [3.8, 4) is 16.9 Å². The molecule has 0 radical (unpaired) electrons. The van der Waals surface area contributed by atoms with Crippen LogP contribution in [0.3, 0.4) is 0 Å². The Labute approximate surface area is 206 Å². The Bertz CT molecular complexity index is 1090. The van der Waals surface area contributed by atoms with E-state index in [-0.39, 0.29) is 55.7 Å². The highest BCUT2D eigenvalue weighted by atomic mass is 35.5. The summed E-state index contributed by atoms with van der Waals surface area (Å²) in [5, 5.41) is 7.48. The van der Waals surface area contributed by atoms with Crippen molar-refractivity contribution in [1.29, 1.82) is 5.41 Å². The van der Waals surface area contributed by atoms with Gasteiger partial charge >= 0.3 is 5.97 Å². The molecule has 34 heavy (non-hydrogen) atoms. The van der Waals surface area contributed by atoms with Crippen molar-refractivity contribution in [2.24, 2.45) is 11.7 Å². The molecule has 0 aliphatic carbocycles. The SMILES string of the molecule is COC(=O)C[C@@H]1C[C@@H](COc2ccc(-c3ccc(C(=N)N)cc3)cc2)N(S(=O)(=O)N(C)C)C1.Cl. The van der Waals surface area contributed by atoms with Gasteiger partial charge in [0.2, 0.25) is 0 Å². The molecule has 1 heterocycles. The van der Waals surface area contributed by atoms with Gasteiger partial charge in [0, 0.05) is 32.6 Å². The summed E-state index contributed by atoms with van der Waals surface area (Å²) in [5.41, 5.74) is 8.13. The number of nitrogens with one attached hydrogen (secondary N) is 1. The lowest BCUT2D eigenvalue weighted by Gasteiger charge is -2.26. The minimum atomic E-state index is -3.65. The number of esters is 1. The minimum absolute atomic E-state index is 0. The van der Waals surface area contributed by atoms with E-state index in [9.17, 15) is 13.2 Å². The average molecular weight is 511 g/mol. The number of halogens is 1. The van der Waals surface area contributed by atoms with Crippen molar-refractivity contribution in [3.05, 3.63) is 54.1 Å². The molecule has 0 spiro atoms. The Morgan fingerprint density at radius 1 is 1.12 bits per heavy atom. The fourth-order valence-corrected chi connectivity index (χ4v) is 5.21. The van der Waals surface area contributed by atoms with Gasteiger partial charge in [0.05, 0.1) is 13.2 Å². The first-order chi connectivity index (χ1) is 15.6. The maximum atomic E-state index is 12.8. The normalized spacial score (nSPS) is 18.4. The Hall–Kier alpha value is -2.66. The van der Waals surface area contributed by atoms with E-state index in [1.807, 2.05) is 36.4 Å². The predicted octanol–water partition coefficient (Wildman–Crippen LogP) is 2.50. The van der Waals surface area contributed by atoms with Gasteiger partial charge in [-0.2, -0.15) is 17.0 Å². The highest BCUT2D eigenvalue weighted by molar-refractivity contribution is 7.86. The van der Waals surface area contributed by atoms with Crippen molar-refractivity contribution < 1.29 is 22.7 Å². The molecule has 1 fully saturated rings. The maximum absolute atomic E-state index is 12.8. The number of carbonyl (C=O) groups is 1. The molecule has 2 aromatic rings. The number of nitrogen functional groups attached to an aromatic ring is 1. The minimum Gasteiger partial charge on any atom is -0.492 e. The molecular formula is C23H31ClN4O5S. The number of benzene rings is 2. The van der Waals surface area contributed by atoms with Gasteiger partial charge in [0.25, 0.3) is 10.2 Å². The van der Waals surface area contributed by atoms with Crippen LogP contribution < -0.4 is 10.5 Å². The molecule has 2 aromatic carbocycles. The Balaban J connectivity index is 0.00000408. The number of carbonyl (C=O) groups excluding carboxylic acids is 1. The van der Waals surface area contributed by atoms with Crippen molar-refractivity contribution >= 4 is 34.4 Å². The molecule has 3 N–H and O–H groups in total. The standard InChI is InChI=1S/C23H30N4O5S.ClH/c1-26(2)33(29,30)27-14-16(13-22(28)31-3)12-20(27)15-32-21-10-8-18(9-11-21)17-4-6-19(7-5-17)23(24)25;/h4-11,16,20H,12-15H2,1-3H3,(H3,24,25);1H/t16-,20-;/m0./s1.